The van der Waals surface area contributed by atoms with Gasteiger partial charge in [-0.2, -0.15) is 0 Å². The van der Waals surface area contributed by atoms with Gasteiger partial charge in [-0.15, -0.1) is 0 Å². The third-order valence-corrected chi connectivity index (χ3v) is 7.25. The van der Waals surface area contributed by atoms with Crippen LogP contribution in [0.5, 0.6) is 0 Å². The normalized spacial score (nSPS) is 26.3. The maximum Gasteiger partial charge on any atom is 0.343 e. The highest BCUT2D eigenvalue weighted by Gasteiger charge is 2.49. The van der Waals surface area contributed by atoms with Crippen LogP contribution in [0.25, 0.3) is 0 Å². The molecule has 2 fully saturated rings. The van der Waals surface area contributed by atoms with Crippen LogP contribution < -0.4 is 0 Å². The predicted octanol–water partition coefficient (Wildman–Crippen LogP) is 3.85. The first-order valence-corrected chi connectivity index (χ1v) is 11.7. The van der Waals surface area contributed by atoms with Gasteiger partial charge in [-0.25, -0.2) is 4.79 Å². The minimum absolute atomic E-state index is 0.0731. The zero-order valence-corrected chi connectivity index (χ0v) is 18.6. The van der Waals surface area contributed by atoms with E-state index in [1.165, 1.54) is 0 Å². The molecule has 2 aliphatic rings. The second kappa shape index (κ2) is 9.49. The molecule has 1 aliphatic heterocycles. The van der Waals surface area contributed by atoms with Gasteiger partial charge in [0.1, 0.15) is 6.54 Å². The molecule has 0 spiro atoms. The minimum atomic E-state index is -1.55. The number of benzene rings is 1. The highest BCUT2D eigenvalue weighted by atomic mass is 16.6. The predicted molar refractivity (Wildman–Crippen MR) is 120 cm³/mol. The summed E-state index contributed by atoms with van der Waals surface area (Å²) in [5.74, 6) is -0.537. The number of aliphatic hydroxyl groups is 1. The number of aromatic nitrogens is 1. The molecule has 2 heterocycles. The number of likely N-dealkylation sites (N-methyl/N-ethyl adjacent to an activating group) is 1. The first-order valence-electron chi connectivity index (χ1n) is 11.7. The first kappa shape index (κ1) is 22.0. The lowest BCUT2D eigenvalue weighted by molar-refractivity contribution is -0.916. The number of likely N-dealkylation sites (tertiary alicyclic amines) is 1. The molecule has 31 heavy (non-hydrogen) atoms. The Hall–Kier alpha value is -2.24. The van der Waals surface area contributed by atoms with Crippen LogP contribution in [0.3, 0.4) is 0 Å². The molecule has 1 aromatic carbocycles. The SMILES string of the molecule is C[N@+]1(CCc2ccccn2)CCCC(OC(=O)C(O)(c2ccccc2)C2CCCC2)C1. The number of rotatable bonds is 7. The second-order valence-electron chi connectivity index (χ2n) is 9.60. The smallest absolute Gasteiger partial charge is 0.343 e. The molecule has 3 atom stereocenters. The summed E-state index contributed by atoms with van der Waals surface area (Å²) in [6, 6.07) is 15.4. The zero-order chi connectivity index (χ0) is 21.7. The van der Waals surface area contributed by atoms with Crippen LogP contribution in [-0.2, 0) is 21.6 Å². The number of pyridine rings is 1. The Morgan fingerprint density at radius 1 is 1.10 bits per heavy atom. The number of esters is 1. The van der Waals surface area contributed by atoms with Gasteiger partial charge in [0.05, 0.1) is 20.1 Å². The average Bonchev–Trinajstić information content (AvgIpc) is 3.34. The number of quaternary nitrogens is 1. The van der Waals surface area contributed by atoms with E-state index in [0.29, 0.717) is 5.56 Å². The summed E-state index contributed by atoms with van der Waals surface area (Å²) in [5.41, 5.74) is 0.211. The maximum absolute atomic E-state index is 13.4. The van der Waals surface area contributed by atoms with Gasteiger partial charge < -0.3 is 14.3 Å². The molecule has 4 rings (SSSR count). The molecule has 1 saturated heterocycles. The molecule has 2 aromatic rings. The lowest BCUT2D eigenvalue weighted by atomic mass is 9.80. The Labute approximate surface area is 185 Å². The van der Waals surface area contributed by atoms with Crippen molar-refractivity contribution in [1.29, 1.82) is 0 Å². The van der Waals surface area contributed by atoms with E-state index < -0.39 is 11.6 Å². The van der Waals surface area contributed by atoms with Crippen molar-refractivity contribution in [3.8, 4) is 0 Å². The van der Waals surface area contributed by atoms with E-state index in [4.69, 9.17) is 4.74 Å². The third kappa shape index (κ3) is 4.99. The molecule has 1 aromatic heterocycles. The third-order valence-electron chi connectivity index (χ3n) is 7.25. The summed E-state index contributed by atoms with van der Waals surface area (Å²) < 4.78 is 6.91. The average molecular weight is 424 g/mol. The van der Waals surface area contributed by atoms with Crippen LogP contribution in [0, 0.1) is 5.92 Å². The number of carbonyl (C=O) groups excluding carboxylic acids is 1. The van der Waals surface area contributed by atoms with Crippen molar-refractivity contribution in [2.45, 2.75) is 56.7 Å². The molecule has 5 heteroatoms. The summed E-state index contributed by atoms with van der Waals surface area (Å²) in [7, 11) is 2.24. The number of nitrogens with zero attached hydrogens (tertiary/aromatic N) is 2. The summed E-state index contributed by atoms with van der Waals surface area (Å²) in [4.78, 5) is 17.9. The van der Waals surface area contributed by atoms with Crippen LogP contribution in [-0.4, -0.2) is 53.3 Å². The molecular weight excluding hydrogens is 388 g/mol. The van der Waals surface area contributed by atoms with Crippen LogP contribution in [0.2, 0.25) is 0 Å². The van der Waals surface area contributed by atoms with Gasteiger partial charge in [0, 0.05) is 30.7 Å². The Morgan fingerprint density at radius 2 is 1.84 bits per heavy atom. The summed E-state index contributed by atoms with van der Waals surface area (Å²) in [6.07, 6.45) is 8.30. The van der Waals surface area contributed by atoms with Crippen molar-refractivity contribution in [3.05, 3.63) is 66.0 Å². The van der Waals surface area contributed by atoms with E-state index in [9.17, 15) is 9.90 Å². The molecule has 0 amide bonds. The fourth-order valence-corrected chi connectivity index (χ4v) is 5.40. The molecule has 1 saturated carbocycles. The highest BCUT2D eigenvalue weighted by Crippen LogP contribution is 2.42. The topological polar surface area (TPSA) is 59.4 Å². The van der Waals surface area contributed by atoms with Crippen molar-refractivity contribution in [2.24, 2.45) is 5.92 Å². The van der Waals surface area contributed by atoms with Crippen molar-refractivity contribution < 1.29 is 19.1 Å². The van der Waals surface area contributed by atoms with Gasteiger partial charge in [-0.1, -0.05) is 49.2 Å². The molecule has 5 nitrogen and oxygen atoms in total. The van der Waals surface area contributed by atoms with E-state index in [-0.39, 0.29) is 12.0 Å². The van der Waals surface area contributed by atoms with Crippen LogP contribution >= 0.6 is 0 Å². The van der Waals surface area contributed by atoms with Crippen molar-refractivity contribution in [1.82, 2.24) is 4.98 Å². The fraction of sp³-hybridized carbons (Fsp3) is 0.538. The second-order valence-corrected chi connectivity index (χ2v) is 9.60. The van der Waals surface area contributed by atoms with Gasteiger partial charge in [0.15, 0.2) is 11.7 Å². The number of hydrogen-bond acceptors (Lipinski definition) is 4. The lowest BCUT2D eigenvalue weighted by Crippen LogP contribution is -2.56. The Bertz CT molecular complexity index is 853. The fourth-order valence-electron chi connectivity index (χ4n) is 5.40. The maximum atomic E-state index is 13.4. The van der Waals surface area contributed by atoms with Crippen molar-refractivity contribution >= 4 is 5.97 Å². The number of ether oxygens (including phenoxy) is 1. The van der Waals surface area contributed by atoms with Crippen LogP contribution in [0.4, 0.5) is 0 Å². The van der Waals surface area contributed by atoms with E-state index in [1.807, 2.05) is 48.7 Å². The number of hydrogen-bond donors (Lipinski definition) is 1. The van der Waals surface area contributed by atoms with Gasteiger partial charge in [0.25, 0.3) is 0 Å². The minimum Gasteiger partial charge on any atom is -0.454 e. The van der Waals surface area contributed by atoms with E-state index in [2.05, 4.69) is 18.1 Å². The molecule has 2 unspecified atom stereocenters. The summed E-state index contributed by atoms with van der Waals surface area (Å²) in [6.45, 7) is 2.83. The molecule has 0 radical (unpaired) electrons. The summed E-state index contributed by atoms with van der Waals surface area (Å²) >= 11 is 0. The van der Waals surface area contributed by atoms with E-state index >= 15 is 0 Å². The Balaban J connectivity index is 1.44. The van der Waals surface area contributed by atoms with Gasteiger partial charge >= 0.3 is 5.97 Å². The largest absolute Gasteiger partial charge is 0.454 e. The van der Waals surface area contributed by atoms with Crippen molar-refractivity contribution in [2.75, 3.05) is 26.7 Å². The van der Waals surface area contributed by atoms with Gasteiger partial charge in [0.2, 0.25) is 0 Å². The lowest BCUT2D eigenvalue weighted by Gasteiger charge is -2.42. The Kier molecular flexibility index (Phi) is 6.73. The molecule has 166 valence electrons. The van der Waals surface area contributed by atoms with Gasteiger partial charge in [-0.05, 0) is 37.0 Å². The van der Waals surface area contributed by atoms with E-state index in [0.717, 1.165) is 74.8 Å². The van der Waals surface area contributed by atoms with Crippen LogP contribution in [0.1, 0.15) is 49.8 Å². The van der Waals surface area contributed by atoms with Crippen molar-refractivity contribution in [3.63, 3.8) is 0 Å². The monoisotopic (exact) mass is 423 g/mol. The highest BCUT2D eigenvalue weighted by molar-refractivity contribution is 5.81. The zero-order valence-electron chi connectivity index (χ0n) is 18.6. The van der Waals surface area contributed by atoms with Crippen LogP contribution in [0.15, 0.2) is 54.7 Å². The van der Waals surface area contributed by atoms with E-state index in [1.54, 1.807) is 0 Å². The number of carbonyl (C=O) groups is 1. The summed E-state index contributed by atoms with van der Waals surface area (Å²) in [5, 5.41) is 11.7. The standard InChI is InChI=1S/C26H35N2O3/c1-28(19-16-23-14-7-8-17-27-23)18-9-15-24(20-28)31-25(29)26(30,22-12-5-6-13-22)21-10-3-2-4-11-21/h2-4,7-8,10-11,14,17,22,24,30H,5-6,9,12-13,15-16,18-20H2,1H3/q+1/t24?,26?,28-/m1/s1. The quantitative estimate of drug-likeness (QED) is 0.543. The molecule has 1 aliphatic carbocycles. The molecule has 1 N–H and O–H groups in total. The van der Waals surface area contributed by atoms with Gasteiger partial charge in [-0.3, -0.25) is 4.98 Å². The number of piperidine rings is 1. The molecule has 0 bridgehead atoms. The molecular formula is C26H35N2O3+. The first-order chi connectivity index (χ1) is 15.0. The Morgan fingerprint density at radius 3 is 2.55 bits per heavy atom.